The van der Waals surface area contributed by atoms with E-state index >= 15 is 0 Å². The molecule has 19 heteroatoms. The quantitative estimate of drug-likeness (QED) is 0.0128. The van der Waals surface area contributed by atoms with Crippen molar-refractivity contribution in [3.63, 3.8) is 0 Å². The van der Waals surface area contributed by atoms with E-state index in [0.29, 0.717) is 25.7 Å². The van der Waals surface area contributed by atoms with E-state index in [1.54, 1.807) is 0 Å². The lowest BCUT2D eigenvalue weighted by Crippen LogP contribution is -2.30. The summed E-state index contributed by atoms with van der Waals surface area (Å²) in [5, 5.41) is 10.6. The highest BCUT2D eigenvalue weighted by molar-refractivity contribution is 7.47. The third kappa shape index (κ3) is 69.7. The number of aliphatic hydroxyl groups is 1. The molecular formula is C77H144O17P2. The highest BCUT2D eigenvalue weighted by Gasteiger charge is 2.30. The van der Waals surface area contributed by atoms with Gasteiger partial charge in [-0.1, -0.05) is 308 Å². The molecule has 0 aliphatic carbocycles. The van der Waals surface area contributed by atoms with Crippen molar-refractivity contribution in [1.82, 2.24) is 0 Å². The van der Waals surface area contributed by atoms with Crippen LogP contribution < -0.4 is 0 Å². The van der Waals surface area contributed by atoms with E-state index < -0.39 is 97.5 Å². The maximum Gasteiger partial charge on any atom is 0.472 e. The number of hydrogen-bond donors (Lipinski definition) is 3. The first kappa shape index (κ1) is 93.3. The maximum absolute atomic E-state index is 13.1. The Labute approximate surface area is 585 Å². The Hall–Kier alpha value is -2.72. The molecule has 0 aromatic rings. The van der Waals surface area contributed by atoms with Gasteiger partial charge in [-0.2, -0.15) is 0 Å². The Morgan fingerprint density at radius 3 is 0.792 bits per heavy atom. The van der Waals surface area contributed by atoms with Crippen molar-refractivity contribution in [2.24, 2.45) is 0 Å². The molecule has 0 saturated carbocycles. The maximum atomic E-state index is 13.1. The number of hydrogen-bond acceptors (Lipinski definition) is 15. The molecule has 0 aliphatic heterocycles. The highest BCUT2D eigenvalue weighted by Crippen LogP contribution is 2.45. The number of esters is 4. The number of unbranched alkanes of at least 4 members (excludes halogenated alkanes) is 44. The van der Waals surface area contributed by atoms with Gasteiger partial charge in [-0.25, -0.2) is 9.13 Å². The van der Waals surface area contributed by atoms with Gasteiger partial charge in [-0.05, 0) is 77.0 Å². The molecule has 0 spiro atoms. The molecule has 3 N–H and O–H groups in total. The third-order valence-corrected chi connectivity index (χ3v) is 19.0. The van der Waals surface area contributed by atoms with E-state index in [0.717, 1.165) is 122 Å². The molecule has 0 aromatic carbocycles. The SMILES string of the molecule is CCCCCC/C=C\C=C/CCCCCCCC(=O)OC[C@H](COP(=O)(O)OC[C@H](O)COP(=O)(O)OC[C@@H](COC(=O)CCCCCCCCCCCCCCC)OC(=O)CCCCCCC/C=C\CCCCCCCC)OC(=O)CCCCCCCCCCCCCCC. The van der Waals surface area contributed by atoms with Crippen molar-refractivity contribution < 1.29 is 80.2 Å². The molecule has 0 amide bonds. The van der Waals surface area contributed by atoms with Gasteiger partial charge in [0.05, 0.1) is 26.4 Å². The summed E-state index contributed by atoms with van der Waals surface area (Å²) in [5.41, 5.74) is 0. The molecule has 0 radical (unpaired) electrons. The Morgan fingerprint density at radius 1 is 0.292 bits per heavy atom. The molecule has 564 valence electrons. The zero-order chi connectivity index (χ0) is 70.4. The number of phosphoric ester groups is 2. The second kappa shape index (κ2) is 70.7. The first-order valence-corrected chi connectivity index (χ1v) is 42.2. The molecule has 0 rings (SSSR count). The minimum atomic E-state index is -4.97. The molecule has 96 heavy (non-hydrogen) atoms. The van der Waals surface area contributed by atoms with Crippen LogP contribution in [0.4, 0.5) is 0 Å². The van der Waals surface area contributed by atoms with Crippen LogP contribution in [0.1, 0.15) is 374 Å². The van der Waals surface area contributed by atoms with E-state index in [1.165, 1.54) is 173 Å². The molecule has 0 saturated heterocycles. The summed E-state index contributed by atoms with van der Waals surface area (Å²) in [6.07, 6.45) is 65.5. The molecule has 17 nitrogen and oxygen atoms in total. The predicted octanol–water partition coefficient (Wildman–Crippen LogP) is 22.3. The first-order chi connectivity index (χ1) is 46.7. The van der Waals surface area contributed by atoms with Crippen LogP contribution in [0.3, 0.4) is 0 Å². The summed E-state index contributed by atoms with van der Waals surface area (Å²) in [5.74, 6) is -2.16. The van der Waals surface area contributed by atoms with Crippen LogP contribution in [0.25, 0.3) is 0 Å². The minimum Gasteiger partial charge on any atom is -0.462 e. The van der Waals surface area contributed by atoms with Gasteiger partial charge in [-0.3, -0.25) is 37.3 Å². The van der Waals surface area contributed by atoms with E-state index in [2.05, 4.69) is 64.2 Å². The van der Waals surface area contributed by atoms with E-state index in [4.69, 9.17) is 37.0 Å². The van der Waals surface area contributed by atoms with Gasteiger partial charge in [0, 0.05) is 25.7 Å². The van der Waals surface area contributed by atoms with Gasteiger partial charge >= 0.3 is 39.5 Å². The first-order valence-electron chi connectivity index (χ1n) is 39.2. The lowest BCUT2D eigenvalue weighted by Gasteiger charge is -2.21. The van der Waals surface area contributed by atoms with Crippen molar-refractivity contribution in [3.05, 3.63) is 36.5 Å². The normalized spacial score (nSPS) is 14.1. The number of phosphoric acid groups is 2. The fourth-order valence-corrected chi connectivity index (χ4v) is 12.7. The van der Waals surface area contributed by atoms with Gasteiger partial charge in [0.15, 0.2) is 12.2 Å². The molecule has 0 fully saturated rings. The lowest BCUT2D eigenvalue weighted by molar-refractivity contribution is -0.161. The van der Waals surface area contributed by atoms with E-state index in [-0.39, 0.29) is 25.7 Å². The molecule has 2 unspecified atom stereocenters. The van der Waals surface area contributed by atoms with Gasteiger partial charge in [0.25, 0.3) is 0 Å². The standard InChI is InChI=1S/C77H144O17P2/c1-5-9-13-17-21-25-29-33-35-39-42-46-50-54-58-62-75(80)88-68-72(93-76(81)63-59-55-51-47-43-38-32-28-24-20-16-12-8-4)69-91-95(83,84)89-65-71(78)66-90-96(85,86)92-70-73(67-87-74(79)61-57-53-49-45-41-37-31-27-23-19-15-11-7-3)94-77(82)64-60-56-52-48-44-40-36-34-30-26-22-18-14-10-6-2/h25,29,33-36,71-73,78H,5-24,26-28,30-32,37-70H2,1-4H3,(H,83,84)(H,85,86)/b29-25-,35-33-,36-34-/t71-,72+,73+/m0/s1. The van der Waals surface area contributed by atoms with Crippen molar-refractivity contribution in [2.75, 3.05) is 39.6 Å². The summed E-state index contributed by atoms with van der Waals surface area (Å²) < 4.78 is 68.5. The fourth-order valence-electron chi connectivity index (χ4n) is 11.1. The van der Waals surface area contributed by atoms with Gasteiger partial charge < -0.3 is 33.8 Å². The number of ether oxygens (including phenoxy) is 4. The Bertz CT molecular complexity index is 1970. The van der Waals surface area contributed by atoms with Crippen molar-refractivity contribution >= 4 is 39.5 Å². The summed E-state index contributed by atoms with van der Waals surface area (Å²) >= 11 is 0. The van der Waals surface area contributed by atoms with Crippen molar-refractivity contribution in [3.8, 4) is 0 Å². The van der Waals surface area contributed by atoms with Gasteiger partial charge in [0.1, 0.15) is 19.3 Å². The molecular weight excluding hydrogens is 1260 g/mol. The van der Waals surface area contributed by atoms with Crippen LogP contribution in [0.15, 0.2) is 36.5 Å². The van der Waals surface area contributed by atoms with E-state index in [9.17, 15) is 43.2 Å². The molecule has 5 atom stereocenters. The average Bonchev–Trinajstić information content (AvgIpc) is 1.17. The van der Waals surface area contributed by atoms with Crippen LogP contribution in [-0.2, 0) is 65.4 Å². The second-order valence-corrected chi connectivity index (χ2v) is 29.6. The van der Waals surface area contributed by atoms with Crippen LogP contribution in [0, 0.1) is 0 Å². The molecule has 0 aliphatic rings. The third-order valence-electron chi connectivity index (χ3n) is 17.1. The molecule has 0 bridgehead atoms. The topological polar surface area (TPSA) is 237 Å². The van der Waals surface area contributed by atoms with E-state index in [1.807, 2.05) is 0 Å². The zero-order valence-corrected chi connectivity index (χ0v) is 63.4. The zero-order valence-electron chi connectivity index (χ0n) is 61.6. The number of carbonyl (C=O) groups excluding carboxylic acids is 4. The Morgan fingerprint density at radius 2 is 0.510 bits per heavy atom. The van der Waals surface area contributed by atoms with Crippen LogP contribution in [0.5, 0.6) is 0 Å². The summed E-state index contributed by atoms with van der Waals surface area (Å²) in [4.78, 5) is 72.8. The van der Waals surface area contributed by atoms with Crippen molar-refractivity contribution in [2.45, 2.75) is 393 Å². The number of carbonyl (C=O) groups is 4. The molecule has 0 aromatic heterocycles. The van der Waals surface area contributed by atoms with Crippen LogP contribution in [0.2, 0.25) is 0 Å². The lowest BCUT2D eigenvalue weighted by atomic mass is 10.0. The largest absolute Gasteiger partial charge is 0.472 e. The average molecular weight is 1400 g/mol. The predicted molar refractivity (Wildman–Crippen MR) is 391 cm³/mol. The molecule has 0 heterocycles. The number of allylic oxidation sites excluding steroid dienone is 6. The smallest absolute Gasteiger partial charge is 0.462 e. The van der Waals surface area contributed by atoms with Crippen molar-refractivity contribution in [1.29, 1.82) is 0 Å². The van der Waals surface area contributed by atoms with Gasteiger partial charge in [0.2, 0.25) is 0 Å². The Balaban J connectivity index is 5.31. The fraction of sp³-hybridized carbons (Fsp3) is 0.870. The van der Waals surface area contributed by atoms with Gasteiger partial charge in [-0.15, -0.1) is 0 Å². The summed E-state index contributed by atoms with van der Waals surface area (Å²) in [6.45, 7) is 4.90. The Kier molecular flexibility index (Phi) is 68.7. The number of aliphatic hydroxyl groups excluding tert-OH is 1. The summed E-state index contributed by atoms with van der Waals surface area (Å²) in [6, 6.07) is 0. The van der Waals surface area contributed by atoms with Crippen LogP contribution >= 0.6 is 15.6 Å². The second-order valence-electron chi connectivity index (χ2n) is 26.7. The minimum absolute atomic E-state index is 0.0926. The monoisotopic (exact) mass is 1400 g/mol. The summed E-state index contributed by atoms with van der Waals surface area (Å²) in [7, 11) is -9.93. The highest BCUT2D eigenvalue weighted by atomic mass is 31.2. The van der Waals surface area contributed by atoms with Crippen LogP contribution in [-0.4, -0.2) is 96.7 Å². The number of rotatable bonds is 75.